The summed E-state index contributed by atoms with van der Waals surface area (Å²) >= 11 is 0. The fourth-order valence-electron chi connectivity index (χ4n) is 3.23. The van der Waals surface area contributed by atoms with Gasteiger partial charge in [-0.05, 0) is 38.5 Å². The molecule has 2 fully saturated rings. The van der Waals surface area contributed by atoms with E-state index in [1.54, 1.807) is 0 Å². The van der Waals surface area contributed by atoms with E-state index in [0.717, 1.165) is 6.42 Å². The Balaban J connectivity index is 2.00. The second-order valence-corrected chi connectivity index (χ2v) is 7.70. The van der Waals surface area contributed by atoms with Gasteiger partial charge in [-0.3, -0.25) is 4.79 Å². The minimum absolute atomic E-state index is 0.123. The molecular formula is C13H23NO5S. The van der Waals surface area contributed by atoms with Gasteiger partial charge < -0.3 is 9.84 Å². The van der Waals surface area contributed by atoms with Crippen molar-refractivity contribution in [3.63, 3.8) is 0 Å². The summed E-state index contributed by atoms with van der Waals surface area (Å²) in [6, 6.07) is -0.123. The monoisotopic (exact) mass is 305 g/mol. The minimum atomic E-state index is -3.51. The summed E-state index contributed by atoms with van der Waals surface area (Å²) < 4.78 is 32.3. The van der Waals surface area contributed by atoms with Crippen LogP contribution in [0.5, 0.6) is 0 Å². The minimum Gasteiger partial charge on any atom is -0.469 e. The second-order valence-electron chi connectivity index (χ2n) is 5.77. The predicted molar refractivity (Wildman–Crippen MR) is 73.5 cm³/mol. The summed E-state index contributed by atoms with van der Waals surface area (Å²) in [4.78, 5) is 11.7. The molecule has 6 nitrogen and oxygen atoms in total. The lowest BCUT2D eigenvalue weighted by atomic mass is 9.94. The lowest BCUT2D eigenvalue weighted by molar-refractivity contribution is -0.145. The maximum Gasteiger partial charge on any atom is 0.310 e. The average Bonchev–Trinajstić information content (AvgIpc) is 2.90. The third-order valence-electron chi connectivity index (χ3n) is 4.38. The molecule has 2 aliphatic carbocycles. The largest absolute Gasteiger partial charge is 0.469 e. The Labute approximate surface area is 119 Å². The van der Waals surface area contributed by atoms with Crippen molar-refractivity contribution in [1.29, 1.82) is 0 Å². The molecule has 0 heterocycles. The number of nitrogens with one attached hydrogen (secondary N) is 1. The molecule has 20 heavy (non-hydrogen) atoms. The van der Waals surface area contributed by atoms with E-state index in [1.165, 1.54) is 7.11 Å². The van der Waals surface area contributed by atoms with Crippen LogP contribution in [0.3, 0.4) is 0 Å². The first-order valence-electron chi connectivity index (χ1n) is 7.21. The Morgan fingerprint density at radius 2 is 1.80 bits per heavy atom. The molecule has 0 spiro atoms. The molecule has 2 saturated carbocycles. The Bertz CT molecular complexity index is 442. The molecule has 0 aromatic heterocycles. The topological polar surface area (TPSA) is 92.7 Å². The van der Waals surface area contributed by atoms with Crippen LogP contribution < -0.4 is 4.72 Å². The van der Waals surface area contributed by atoms with Crippen LogP contribution in [0.1, 0.15) is 44.9 Å². The third kappa shape index (κ3) is 3.51. The van der Waals surface area contributed by atoms with Crippen LogP contribution >= 0.6 is 0 Å². The molecule has 0 aliphatic heterocycles. The average molecular weight is 305 g/mol. The van der Waals surface area contributed by atoms with Crippen LogP contribution in [0, 0.1) is 5.92 Å². The lowest BCUT2D eigenvalue weighted by Crippen LogP contribution is -2.45. The molecule has 2 unspecified atom stereocenters. The van der Waals surface area contributed by atoms with Gasteiger partial charge in [0.05, 0.1) is 24.4 Å². The number of sulfonamides is 1. The van der Waals surface area contributed by atoms with Crippen LogP contribution in [-0.4, -0.2) is 44.0 Å². The van der Waals surface area contributed by atoms with E-state index in [4.69, 9.17) is 4.74 Å². The number of carbonyl (C=O) groups is 1. The fraction of sp³-hybridized carbons (Fsp3) is 0.923. The van der Waals surface area contributed by atoms with Gasteiger partial charge in [0, 0.05) is 6.04 Å². The Morgan fingerprint density at radius 1 is 1.15 bits per heavy atom. The van der Waals surface area contributed by atoms with Gasteiger partial charge in [0.2, 0.25) is 10.0 Å². The Kier molecular flexibility index (Phi) is 5.04. The zero-order chi connectivity index (χ0) is 14.8. The van der Waals surface area contributed by atoms with Crippen molar-refractivity contribution in [3.05, 3.63) is 0 Å². The van der Waals surface area contributed by atoms with Gasteiger partial charge >= 0.3 is 5.97 Å². The van der Waals surface area contributed by atoms with Crippen LogP contribution in [0.25, 0.3) is 0 Å². The summed E-state index contributed by atoms with van der Waals surface area (Å²) in [7, 11) is -2.22. The van der Waals surface area contributed by atoms with Crippen molar-refractivity contribution >= 4 is 16.0 Å². The molecule has 0 radical (unpaired) electrons. The van der Waals surface area contributed by atoms with Gasteiger partial charge in [-0.2, -0.15) is 0 Å². The second kappa shape index (κ2) is 6.41. The highest BCUT2D eigenvalue weighted by Gasteiger charge is 2.43. The third-order valence-corrected chi connectivity index (χ3v) is 6.41. The molecule has 2 aliphatic rings. The molecule has 7 heteroatoms. The van der Waals surface area contributed by atoms with Crippen LogP contribution in [0.2, 0.25) is 0 Å². The summed E-state index contributed by atoms with van der Waals surface area (Å²) in [6.45, 7) is 0. The normalized spacial score (nSPS) is 34.9. The van der Waals surface area contributed by atoms with Crippen molar-refractivity contribution < 1.29 is 23.1 Å². The fourth-order valence-corrected chi connectivity index (χ4v) is 5.26. The van der Waals surface area contributed by atoms with Crippen molar-refractivity contribution in [3.8, 4) is 0 Å². The SMILES string of the molecule is COC(=O)C1CCCC1S(=O)(=O)NC1CCC(O)CC1. The van der Waals surface area contributed by atoms with Crippen molar-refractivity contribution in [1.82, 2.24) is 4.72 Å². The van der Waals surface area contributed by atoms with Crippen LogP contribution in [-0.2, 0) is 19.6 Å². The first kappa shape index (κ1) is 15.7. The zero-order valence-corrected chi connectivity index (χ0v) is 12.6. The lowest BCUT2D eigenvalue weighted by Gasteiger charge is -2.28. The molecular weight excluding hydrogens is 282 g/mol. The number of methoxy groups -OCH3 is 1. The molecule has 2 rings (SSSR count). The highest BCUT2D eigenvalue weighted by Crippen LogP contribution is 2.32. The van der Waals surface area contributed by atoms with Gasteiger partial charge in [0.1, 0.15) is 0 Å². The molecule has 0 aromatic rings. The van der Waals surface area contributed by atoms with E-state index in [-0.39, 0.29) is 12.1 Å². The number of aliphatic hydroxyl groups is 1. The Morgan fingerprint density at radius 3 is 2.40 bits per heavy atom. The van der Waals surface area contributed by atoms with Crippen molar-refractivity contribution in [2.75, 3.05) is 7.11 Å². The predicted octanol–water partition coefficient (Wildman–Crippen LogP) is 0.551. The molecule has 0 amide bonds. The Hall–Kier alpha value is -0.660. The summed E-state index contributed by atoms with van der Waals surface area (Å²) in [5.41, 5.74) is 0. The quantitative estimate of drug-likeness (QED) is 0.740. The number of hydrogen-bond acceptors (Lipinski definition) is 5. The smallest absolute Gasteiger partial charge is 0.310 e. The van der Waals surface area contributed by atoms with Crippen LogP contribution in [0.4, 0.5) is 0 Å². The van der Waals surface area contributed by atoms with E-state index < -0.39 is 27.2 Å². The maximum absolute atomic E-state index is 12.4. The maximum atomic E-state index is 12.4. The van der Waals surface area contributed by atoms with E-state index >= 15 is 0 Å². The van der Waals surface area contributed by atoms with Crippen molar-refractivity contribution in [2.45, 2.75) is 62.3 Å². The van der Waals surface area contributed by atoms with Gasteiger partial charge in [0.25, 0.3) is 0 Å². The van der Waals surface area contributed by atoms with Gasteiger partial charge in [-0.15, -0.1) is 0 Å². The first-order valence-corrected chi connectivity index (χ1v) is 8.75. The highest BCUT2D eigenvalue weighted by atomic mass is 32.2. The van der Waals surface area contributed by atoms with E-state index in [1.807, 2.05) is 0 Å². The van der Waals surface area contributed by atoms with E-state index in [9.17, 15) is 18.3 Å². The summed E-state index contributed by atoms with van der Waals surface area (Å²) in [5.74, 6) is -0.983. The number of hydrogen-bond donors (Lipinski definition) is 2. The van der Waals surface area contributed by atoms with Crippen molar-refractivity contribution in [2.24, 2.45) is 5.92 Å². The van der Waals surface area contributed by atoms with Crippen LogP contribution in [0.15, 0.2) is 0 Å². The number of esters is 1. The zero-order valence-electron chi connectivity index (χ0n) is 11.7. The summed E-state index contributed by atoms with van der Waals surface area (Å²) in [5, 5.41) is 8.77. The van der Waals surface area contributed by atoms with Gasteiger partial charge in [-0.25, -0.2) is 13.1 Å². The highest BCUT2D eigenvalue weighted by molar-refractivity contribution is 7.90. The number of aliphatic hydroxyl groups excluding tert-OH is 1. The van der Waals surface area contributed by atoms with E-state index in [0.29, 0.717) is 38.5 Å². The molecule has 116 valence electrons. The number of carbonyl (C=O) groups excluding carboxylic acids is 1. The van der Waals surface area contributed by atoms with E-state index in [2.05, 4.69) is 4.72 Å². The molecule has 0 aromatic carbocycles. The molecule has 2 N–H and O–H groups in total. The number of ether oxygens (including phenoxy) is 1. The standard InChI is InChI=1S/C13H23NO5S/c1-19-13(16)11-3-2-4-12(11)20(17,18)14-9-5-7-10(15)8-6-9/h9-12,14-15H,2-8H2,1H3. The van der Waals surface area contributed by atoms with Gasteiger partial charge in [0.15, 0.2) is 0 Å². The molecule has 0 saturated heterocycles. The molecule has 2 atom stereocenters. The van der Waals surface area contributed by atoms with Gasteiger partial charge in [-0.1, -0.05) is 6.42 Å². The number of rotatable bonds is 4. The summed E-state index contributed by atoms with van der Waals surface area (Å²) in [6.07, 6.45) is 4.04. The first-order chi connectivity index (χ1) is 9.44. The molecule has 0 bridgehead atoms.